The molecule has 1 aromatic rings. The zero-order valence-corrected chi connectivity index (χ0v) is 10.2. The van der Waals surface area contributed by atoms with Gasteiger partial charge in [0.1, 0.15) is 11.9 Å². The number of carbonyl (C=O) groups excluding carboxylic acids is 1. The largest absolute Gasteiger partial charge is 0.464 e. The summed E-state index contributed by atoms with van der Waals surface area (Å²) in [7, 11) is 0. The highest BCUT2D eigenvalue weighted by molar-refractivity contribution is 14.1. The smallest absolute Gasteiger partial charge is 0.338 e. The van der Waals surface area contributed by atoms with Crippen molar-refractivity contribution in [2.45, 2.75) is 19.1 Å². The Balaban J connectivity index is 2.67. The Morgan fingerprint density at radius 3 is 2.73 bits per heavy atom. The molecule has 0 aliphatic rings. The van der Waals surface area contributed by atoms with Crippen LogP contribution in [0.4, 0.5) is 0 Å². The van der Waals surface area contributed by atoms with E-state index in [-0.39, 0.29) is 12.4 Å². The predicted octanol–water partition coefficient (Wildman–Crippen LogP) is 0.842. The van der Waals surface area contributed by atoms with E-state index in [1.807, 2.05) is 22.6 Å². The summed E-state index contributed by atoms with van der Waals surface area (Å²) in [6.45, 7) is 1.77. The molecule has 2 N–H and O–H groups in total. The number of aliphatic hydroxyl groups is 2. The summed E-state index contributed by atoms with van der Waals surface area (Å²) < 4.78 is 10.2. The van der Waals surface area contributed by atoms with E-state index in [0.29, 0.717) is 3.77 Å². The van der Waals surface area contributed by atoms with Crippen LogP contribution < -0.4 is 0 Å². The van der Waals surface area contributed by atoms with Crippen LogP contribution in [-0.4, -0.2) is 28.9 Å². The molecule has 84 valence electrons. The highest BCUT2D eigenvalue weighted by atomic mass is 127. The zero-order valence-electron chi connectivity index (χ0n) is 8.01. The molecule has 1 rings (SSSR count). The lowest BCUT2D eigenvalue weighted by atomic mass is 10.1. The van der Waals surface area contributed by atoms with Crippen LogP contribution in [-0.2, 0) is 9.53 Å². The predicted molar refractivity (Wildman–Crippen MR) is 59.0 cm³/mol. The average Bonchev–Trinajstić information content (AvgIpc) is 2.63. The molecule has 0 fully saturated rings. The summed E-state index contributed by atoms with van der Waals surface area (Å²) in [5.74, 6) is -0.726. The maximum Gasteiger partial charge on any atom is 0.338 e. The third kappa shape index (κ3) is 3.18. The molecular formula is C9H11IO5. The molecule has 0 amide bonds. The quantitative estimate of drug-likeness (QED) is 0.633. The van der Waals surface area contributed by atoms with Gasteiger partial charge in [-0.05, 0) is 41.6 Å². The molecule has 5 nitrogen and oxygen atoms in total. The van der Waals surface area contributed by atoms with Gasteiger partial charge >= 0.3 is 5.97 Å². The van der Waals surface area contributed by atoms with Crippen LogP contribution in [0.5, 0.6) is 0 Å². The molecule has 2 atom stereocenters. The molecule has 2 unspecified atom stereocenters. The Kier molecular flexibility index (Phi) is 4.55. The molecule has 0 saturated heterocycles. The third-order valence-electron chi connectivity index (χ3n) is 1.71. The monoisotopic (exact) mass is 326 g/mol. The Hall–Kier alpha value is -0.600. The van der Waals surface area contributed by atoms with Crippen LogP contribution >= 0.6 is 22.6 Å². The van der Waals surface area contributed by atoms with Crippen molar-refractivity contribution in [3.63, 3.8) is 0 Å². The molecule has 6 heteroatoms. The van der Waals surface area contributed by atoms with Crippen molar-refractivity contribution in [2.75, 3.05) is 6.61 Å². The molecular weight excluding hydrogens is 315 g/mol. The first kappa shape index (κ1) is 12.5. The first-order valence-corrected chi connectivity index (χ1v) is 5.42. The molecule has 0 aromatic carbocycles. The molecule has 1 aromatic heterocycles. The van der Waals surface area contributed by atoms with Crippen molar-refractivity contribution in [3.8, 4) is 0 Å². The maximum absolute atomic E-state index is 11.1. The lowest BCUT2D eigenvalue weighted by molar-refractivity contribution is -0.160. The molecule has 15 heavy (non-hydrogen) atoms. The number of aliphatic hydroxyl groups excluding tert-OH is 2. The van der Waals surface area contributed by atoms with E-state index in [1.54, 1.807) is 13.0 Å². The SMILES string of the molecule is CCOC(=O)C(O)C(O)c1ccc(I)o1. The van der Waals surface area contributed by atoms with E-state index in [4.69, 9.17) is 4.42 Å². The number of hydrogen-bond donors (Lipinski definition) is 2. The van der Waals surface area contributed by atoms with Gasteiger partial charge in [0.25, 0.3) is 0 Å². The fourth-order valence-electron chi connectivity index (χ4n) is 0.999. The average molecular weight is 326 g/mol. The van der Waals surface area contributed by atoms with Gasteiger partial charge in [0, 0.05) is 0 Å². The zero-order chi connectivity index (χ0) is 11.4. The minimum Gasteiger partial charge on any atom is -0.464 e. The minimum absolute atomic E-state index is 0.139. The standard InChI is InChI=1S/C9H11IO5/c1-2-14-9(13)8(12)7(11)5-3-4-6(10)15-5/h3-4,7-8,11-12H,2H2,1H3. The topological polar surface area (TPSA) is 79.9 Å². The summed E-state index contributed by atoms with van der Waals surface area (Å²) in [6.07, 6.45) is -3.01. The second kappa shape index (κ2) is 5.47. The molecule has 0 aliphatic heterocycles. The first-order valence-electron chi connectivity index (χ1n) is 4.34. The fourth-order valence-corrected chi connectivity index (χ4v) is 1.43. The highest BCUT2D eigenvalue weighted by Gasteiger charge is 2.29. The van der Waals surface area contributed by atoms with Crippen molar-refractivity contribution < 1.29 is 24.2 Å². The van der Waals surface area contributed by atoms with Crippen molar-refractivity contribution >= 4 is 28.6 Å². The summed E-state index contributed by atoms with van der Waals surface area (Å²) in [4.78, 5) is 11.1. The van der Waals surface area contributed by atoms with Gasteiger partial charge in [-0.1, -0.05) is 0 Å². The highest BCUT2D eigenvalue weighted by Crippen LogP contribution is 2.21. The Bertz CT molecular complexity index is 335. The van der Waals surface area contributed by atoms with Gasteiger partial charge in [0.05, 0.1) is 6.61 Å². The van der Waals surface area contributed by atoms with Crippen LogP contribution in [0.1, 0.15) is 18.8 Å². The van der Waals surface area contributed by atoms with Crippen molar-refractivity contribution in [1.82, 2.24) is 0 Å². The number of esters is 1. The number of halogens is 1. The van der Waals surface area contributed by atoms with Crippen LogP contribution in [0, 0.1) is 3.77 Å². The van der Waals surface area contributed by atoms with E-state index in [1.165, 1.54) is 6.07 Å². The second-order valence-electron chi connectivity index (χ2n) is 2.78. The van der Waals surface area contributed by atoms with Gasteiger partial charge in [-0.15, -0.1) is 0 Å². The van der Waals surface area contributed by atoms with Crippen molar-refractivity contribution in [2.24, 2.45) is 0 Å². The third-order valence-corrected chi connectivity index (χ3v) is 2.29. The Morgan fingerprint density at radius 1 is 1.60 bits per heavy atom. The molecule has 1 heterocycles. The minimum atomic E-state index is -1.62. The van der Waals surface area contributed by atoms with E-state index in [9.17, 15) is 15.0 Å². The van der Waals surface area contributed by atoms with E-state index >= 15 is 0 Å². The first-order chi connectivity index (χ1) is 7.06. The lowest BCUT2D eigenvalue weighted by Gasteiger charge is -2.13. The summed E-state index contributed by atoms with van der Waals surface area (Å²) in [6, 6.07) is 3.12. The van der Waals surface area contributed by atoms with Gasteiger partial charge in [-0.2, -0.15) is 0 Å². The number of rotatable bonds is 4. The van der Waals surface area contributed by atoms with E-state index in [2.05, 4.69) is 4.74 Å². The number of carbonyl (C=O) groups is 1. The normalized spacial score (nSPS) is 14.7. The molecule has 0 radical (unpaired) electrons. The second-order valence-corrected chi connectivity index (χ2v) is 3.85. The summed E-state index contributed by atoms with van der Waals surface area (Å²) in [5.41, 5.74) is 0. The number of ether oxygens (including phenoxy) is 1. The van der Waals surface area contributed by atoms with Gasteiger partial charge < -0.3 is 19.4 Å². The number of furan rings is 1. The van der Waals surface area contributed by atoms with Crippen LogP contribution in [0.3, 0.4) is 0 Å². The van der Waals surface area contributed by atoms with Gasteiger partial charge in [-0.25, -0.2) is 4.79 Å². The number of hydrogen-bond acceptors (Lipinski definition) is 5. The molecule has 0 aliphatic carbocycles. The van der Waals surface area contributed by atoms with Crippen LogP contribution in [0.2, 0.25) is 0 Å². The molecule has 0 spiro atoms. The van der Waals surface area contributed by atoms with Gasteiger partial charge in [-0.3, -0.25) is 0 Å². The Morgan fingerprint density at radius 2 is 2.27 bits per heavy atom. The van der Waals surface area contributed by atoms with Crippen molar-refractivity contribution in [3.05, 3.63) is 21.7 Å². The van der Waals surface area contributed by atoms with E-state index in [0.717, 1.165) is 0 Å². The van der Waals surface area contributed by atoms with E-state index < -0.39 is 18.2 Å². The Labute approximate surface area is 100 Å². The summed E-state index contributed by atoms with van der Waals surface area (Å²) in [5, 5.41) is 18.9. The molecule has 0 saturated carbocycles. The molecule has 0 bridgehead atoms. The van der Waals surface area contributed by atoms with Gasteiger partial charge in [0.15, 0.2) is 9.87 Å². The van der Waals surface area contributed by atoms with Crippen LogP contribution in [0.15, 0.2) is 16.5 Å². The lowest BCUT2D eigenvalue weighted by Crippen LogP contribution is -2.29. The van der Waals surface area contributed by atoms with Gasteiger partial charge in [0.2, 0.25) is 0 Å². The maximum atomic E-state index is 11.1. The van der Waals surface area contributed by atoms with Crippen molar-refractivity contribution in [1.29, 1.82) is 0 Å². The summed E-state index contributed by atoms with van der Waals surface area (Å²) >= 11 is 1.92. The van der Waals surface area contributed by atoms with Crippen LogP contribution in [0.25, 0.3) is 0 Å². The fraction of sp³-hybridized carbons (Fsp3) is 0.444.